The quantitative estimate of drug-likeness (QED) is 0.799. The lowest BCUT2D eigenvalue weighted by Crippen LogP contribution is -2.20. The fourth-order valence-electron chi connectivity index (χ4n) is 1.73. The average molecular weight is 267 g/mol. The van der Waals surface area contributed by atoms with Gasteiger partial charge in [-0.2, -0.15) is 5.26 Å². The highest BCUT2D eigenvalue weighted by Gasteiger charge is 2.06. The molecular formula is C15H13N3O2. The number of aliphatic hydroxyl groups excluding tert-OH is 1. The van der Waals surface area contributed by atoms with Crippen LogP contribution in [0.4, 0.5) is 16.2 Å². The molecule has 0 fully saturated rings. The second-order valence-corrected chi connectivity index (χ2v) is 4.09. The van der Waals surface area contributed by atoms with Crippen molar-refractivity contribution in [2.45, 2.75) is 6.61 Å². The van der Waals surface area contributed by atoms with Crippen molar-refractivity contribution in [1.82, 2.24) is 0 Å². The lowest BCUT2D eigenvalue weighted by Gasteiger charge is -2.10. The van der Waals surface area contributed by atoms with Crippen LogP contribution in [0.2, 0.25) is 0 Å². The second kappa shape index (κ2) is 6.36. The lowest BCUT2D eigenvalue weighted by molar-refractivity contribution is 0.262. The number of hydrogen-bond acceptors (Lipinski definition) is 3. The van der Waals surface area contributed by atoms with Crippen LogP contribution in [0.25, 0.3) is 0 Å². The number of nitriles is 1. The molecule has 5 heteroatoms. The fourth-order valence-corrected chi connectivity index (χ4v) is 1.73. The first-order valence-electron chi connectivity index (χ1n) is 6.00. The molecular weight excluding hydrogens is 254 g/mol. The molecule has 0 saturated heterocycles. The fraction of sp³-hybridized carbons (Fsp3) is 0.0667. The number of aliphatic hydroxyl groups is 1. The van der Waals surface area contributed by atoms with E-state index in [4.69, 9.17) is 5.26 Å². The van der Waals surface area contributed by atoms with Crippen molar-refractivity contribution in [3.05, 3.63) is 59.7 Å². The molecule has 0 unspecified atom stereocenters. The number of nitrogens with one attached hydrogen (secondary N) is 2. The molecule has 20 heavy (non-hydrogen) atoms. The average Bonchev–Trinajstić information content (AvgIpc) is 2.48. The number of carbonyl (C=O) groups is 1. The van der Waals surface area contributed by atoms with Gasteiger partial charge in [0.15, 0.2) is 0 Å². The summed E-state index contributed by atoms with van der Waals surface area (Å²) in [5, 5.41) is 23.3. The van der Waals surface area contributed by atoms with Crippen molar-refractivity contribution < 1.29 is 9.90 Å². The zero-order chi connectivity index (χ0) is 14.4. The largest absolute Gasteiger partial charge is 0.392 e. The van der Waals surface area contributed by atoms with Crippen LogP contribution in [-0.4, -0.2) is 11.1 Å². The van der Waals surface area contributed by atoms with Crippen molar-refractivity contribution in [1.29, 1.82) is 5.26 Å². The van der Waals surface area contributed by atoms with E-state index in [2.05, 4.69) is 10.6 Å². The number of hydrogen-bond donors (Lipinski definition) is 3. The van der Waals surface area contributed by atoms with Gasteiger partial charge in [-0.1, -0.05) is 24.3 Å². The Kier molecular flexibility index (Phi) is 4.32. The first kappa shape index (κ1) is 13.6. The summed E-state index contributed by atoms with van der Waals surface area (Å²) in [6.07, 6.45) is 0. The number of carbonyl (C=O) groups excluding carboxylic acids is 1. The number of amides is 2. The second-order valence-electron chi connectivity index (χ2n) is 4.09. The summed E-state index contributed by atoms with van der Waals surface area (Å²) in [5.41, 5.74) is 2.18. The van der Waals surface area contributed by atoms with Crippen LogP contribution >= 0.6 is 0 Å². The summed E-state index contributed by atoms with van der Waals surface area (Å²) in [7, 11) is 0. The summed E-state index contributed by atoms with van der Waals surface area (Å²) in [6.45, 7) is -0.152. The van der Waals surface area contributed by atoms with Gasteiger partial charge in [-0.3, -0.25) is 0 Å². The van der Waals surface area contributed by atoms with Gasteiger partial charge in [-0.25, -0.2) is 4.79 Å². The summed E-state index contributed by atoms with van der Waals surface area (Å²) in [6, 6.07) is 15.2. The van der Waals surface area contributed by atoms with E-state index in [0.717, 1.165) is 0 Å². The van der Waals surface area contributed by atoms with Crippen molar-refractivity contribution >= 4 is 17.4 Å². The van der Waals surface area contributed by atoms with Crippen molar-refractivity contribution in [3.63, 3.8) is 0 Å². The number of benzene rings is 2. The zero-order valence-electron chi connectivity index (χ0n) is 10.6. The molecule has 0 bridgehead atoms. The topological polar surface area (TPSA) is 85.2 Å². The number of anilines is 2. The molecule has 2 aromatic carbocycles. The number of para-hydroxylation sites is 1. The molecule has 2 aromatic rings. The summed E-state index contributed by atoms with van der Waals surface area (Å²) in [5.74, 6) is 0. The molecule has 5 nitrogen and oxygen atoms in total. The van der Waals surface area contributed by atoms with Crippen LogP contribution in [0.15, 0.2) is 48.5 Å². The maximum absolute atomic E-state index is 11.9. The van der Waals surface area contributed by atoms with E-state index >= 15 is 0 Å². The Labute approximate surface area is 116 Å². The SMILES string of the molecule is N#Cc1cccc(NC(=O)Nc2ccccc2CO)c1. The number of urea groups is 1. The molecule has 0 radical (unpaired) electrons. The third-order valence-electron chi connectivity index (χ3n) is 2.69. The highest BCUT2D eigenvalue weighted by atomic mass is 16.3. The molecule has 0 heterocycles. The van der Waals surface area contributed by atoms with Gasteiger partial charge in [0.2, 0.25) is 0 Å². The standard InChI is InChI=1S/C15H13N3O2/c16-9-11-4-3-6-13(8-11)17-15(20)18-14-7-2-1-5-12(14)10-19/h1-8,19H,10H2,(H2,17,18,20). The Bertz CT molecular complexity index is 662. The van der Waals surface area contributed by atoms with E-state index in [0.29, 0.717) is 22.5 Å². The first-order valence-corrected chi connectivity index (χ1v) is 6.00. The molecule has 2 rings (SSSR count). The predicted octanol–water partition coefficient (Wildman–Crippen LogP) is 2.69. The third kappa shape index (κ3) is 3.34. The highest BCUT2D eigenvalue weighted by molar-refractivity contribution is 6.00. The minimum Gasteiger partial charge on any atom is -0.392 e. The van der Waals surface area contributed by atoms with Gasteiger partial charge < -0.3 is 15.7 Å². The predicted molar refractivity (Wildman–Crippen MR) is 76.2 cm³/mol. The summed E-state index contributed by atoms with van der Waals surface area (Å²) in [4.78, 5) is 11.9. The van der Waals surface area contributed by atoms with Crippen LogP contribution < -0.4 is 10.6 Å². The lowest BCUT2D eigenvalue weighted by atomic mass is 10.2. The van der Waals surface area contributed by atoms with Gasteiger partial charge in [0, 0.05) is 16.9 Å². The minimum atomic E-state index is -0.430. The van der Waals surface area contributed by atoms with Crippen LogP contribution in [0.1, 0.15) is 11.1 Å². The van der Waals surface area contributed by atoms with Gasteiger partial charge in [0.25, 0.3) is 0 Å². The maximum atomic E-state index is 11.9. The van der Waals surface area contributed by atoms with Gasteiger partial charge in [-0.05, 0) is 24.3 Å². The van der Waals surface area contributed by atoms with Gasteiger partial charge in [0.05, 0.1) is 18.2 Å². The molecule has 0 aliphatic carbocycles. The van der Waals surface area contributed by atoms with E-state index in [-0.39, 0.29) is 6.61 Å². The van der Waals surface area contributed by atoms with Crippen molar-refractivity contribution in [2.24, 2.45) is 0 Å². The number of rotatable bonds is 3. The molecule has 0 saturated carbocycles. The summed E-state index contributed by atoms with van der Waals surface area (Å²) >= 11 is 0. The molecule has 0 spiro atoms. The van der Waals surface area contributed by atoms with Crippen LogP contribution in [0.5, 0.6) is 0 Å². The molecule has 3 N–H and O–H groups in total. The maximum Gasteiger partial charge on any atom is 0.323 e. The smallest absolute Gasteiger partial charge is 0.323 e. The van der Waals surface area contributed by atoms with Crippen LogP contribution in [-0.2, 0) is 6.61 Å². The normalized spacial score (nSPS) is 9.60. The Morgan fingerprint density at radius 3 is 2.70 bits per heavy atom. The van der Waals surface area contributed by atoms with Crippen LogP contribution in [0, 0.1) is 11.3 Å². The molecule has 0 aliphatic heterocycles. The van der Waals surface area contributed by atoms with E-state index in [1.165, 1.54) is 0 Å². The molecule has 100 valence electrons. The third-order valence-corrected chi connectivity index (χ3v) is 2.69. The Balaban J connectivity index is 2.07. The first-order chi connectivity index (χ1) is 9.72. The van der Waals surface area contributed by atoms with Crippen molar-refractivity contribution in [3.8, 4) is 6.07 Å². The van der Waals surface area contributed by atoms with Gasteiger partial charge in [-0.15, -0.1) is 0 Å². The highest BCUT2D eigenvalue weighted by Crippen LogP contribution is 2.16. The zero-order valence-corrected chi connectivity index (χ0v) is 10.6. The molecule has 0 atom stereocenters. The van der Waals surface area contributed by atoms with E-state index in [1.807, 2.05) is 6.07 Å². The summed E-state index contributed by atoms with van der Waals surface area (Å²) < 4.78 is 0. The van der Waals surface area contributed by atoms with Gasteiger partial charge >= 0.3 is 6.03 Å². The molecule has 0 aliphatic rings. The minimum absolute atomic E-state index is 0.152. The van der Waals surface area contributed by atoms with E-state index in [1.54, 1.807) is 48.5 Å². The number of nitrogens with zero attached hydrogens (tertiary/aromatic N) is 1. The van der Waals surface area contributed by atoms with Gasteiger partial charge in [0.1, 0.15) is 0 Å². The Morgan fingerprint density at radius 1 is 1.15 bits per heavy atom. The Morgan fingerprint density at radius 2 is 1.95 bits per heavy atom. The van der Waals surface area contributed by atoms with Crippen LogP contribution in [0.3, 0.4) is 0 Å². The van der Waals surface area contributed by atoms with Crippen molar-refractivity contribution in [2.75, 3.05) is 10.6 Å². The molecule has 2 amide bonds. The van der Waals surface area contributed by atoms with E-state index < -0.39 is 6.03 Å². The van der Waals surface area contributed by atoms with E-state index in [9.17, 15) is 9.90 Å². The molecule has 0 aromatic heterocycles. The monoisotopic (exact) mass is 267 g/mol. The Hall–Kier alpha value is -2.84.